The molecule has 0 aliphatic carbocycles. The van der Waals surface area contributed by atoms with Crippen LogP contribution in [-0.4, -0.2) is 31.1 Å². The quantitative estimate of drug-likeness (QED) is 0.804. The highest BCUT2D eigenvalue weighted by Crippen LogP contribution is 2.31. The molecule has 0 bridgehead atoms. The van der Waals surface area contributed by atoms with Crippen LogP contribution in [0.2, 0.25) is 0 Å². The number of anilines is 1. The molecule has 2 N–H and O–H groups in total. The van der Waals surface area contributed by atoms with E-state index in [1.807, 2.05) is 17.8 Å². The molecule has 1 atom stereocenters. The van der Waals surface area contributed by atoms with Gasteiger partial charge in [-0.25, -0.2) is 4.39 Å². The van der Waals surface area contributed by atoms with E-state index in [1.54, 1.807) is 12.1 Å². The lowest BCUT2D eigenvalue weighted by molar-refractivity contribution is 0.563. The molecule has 1 heterocycles. The Kier molecular flexibility index (Phi) is 4.89. The summed E-state index contributed by atoms with van der Waals surface area (Å²) in [4.78, 5) is 2.29. The molecule has 0 amide bonds. The smallest absolute Gasteiger partial charge is 0.125 e. The topological polar surface area (TPSA) is 29.3 Å². The van der Waals surface area contributed by atoms with E-state index in [0.717, 1.165) is 25.1 Å². The first kappa shape index (κ1) is 13.7. The summed E-state index contributed by atoms with van der Waals surface area (Å²) < 4.78 is 13.3. The summed E-state index contributed by atoms with van der Waals surface area (Å²) in [5, 5.41) is 0. The Morgan fingerprint density at radius 1 is 1.50 bits per heavy atom. The van der Waals surface area contributed by atoms with Crippen LogP contribution in [0.3, 0.4) is 0 Å². The van der Waals surface area contributed by atoms with Gasteiger partial charge >= 0.3 is 0 Å². The Balaban J connectivity index is 2.07. The van der Waals surface area contributed by atoms with Crippen molar-refractivity contribution in [2.45, 2.75) is 25.3 Å². The van der Waals surface area contributed by atoms with Crippen LogP contribution in [0.1, 0.15) is 18.4 Å². The van der Waals surface area contributed by atoms with Crippen molar-refractivity contribution < 1.29 is 4.39 Å². The van der Waals surface area contributed by atoms with E-state index in [9.17, 15) is 4.39 Å². The van der Waals surface area contributed by atoms with Crippen molar-refractivity contribution in [3.8, 4) is 0 Å². The molecule has 100 valence electrons. The third-order valence-corrected chi connectivity index (χ3v) is 4.27. The number of nitrogens with two attached hydrogens (primary N) is 1. The average Bonchev–Trinajstić information content (AvgIpc) is 2.78. The van der Waals surface area contributed by atoms with Gasteiger partial charge in [0.15, 0.2) is 0 Å². The van der Waals surface area contributed by atoms with Crippen LogP contribution >= 0.6 is 11.8 Å². The van der Waals surface area contributed by atoms with E-state index in [4.69, 9.17) is 5.73 Å². The van der Waals surface area contributed by atoms with E-state index in [1.165, 1.54) is 17.7 Å². The van der Waals surface area contributed by atoms with Crippen LogP contribution in [-0.2, 0) is 6.42 Å². The molecule has 1 aromatic rings. The zero-order valence-corrected chi connectivity index (χ0v) is 11.7. The lowest BCUT2D eigenvalue weighted by atomic mass is 10.1. The minimum atomic E-state index is -0.152. The van der Waals surface area contributed by atoms with Crippen LogP contribution < -0.4 is 10.6 Å². The molecule has 0 aromatic heterocycles. The molecule has 0 saturated carbocycles. The van der Waals surface area contributed by atoms with Crippen LogP contribution in [0.25, 0.3) is 0 Å². The molecule has 0 saturated heterocycles. The van der Waals surface area contributed by atoms with Gasteiger partial charge in [-0.1, -0.05) is 6.07 Å². The molecule has 4 heteroatoms. The first-order chi connectivity index (χ1) is 8.76. The van der Waals surface area contributed by atoms with Crippen molar-refractivity contribution in [3.05, 3.63) is 29.6 Å². The summed E-state index contributed by atoms with van der Waals surface area (Å²) in [7, 11) is 0. The van der Waals surface area contributed by atoms with Gasteiger partial charge in [0.1, 0.15) is 5.82 Å². The van der Waals surface area contributed by atoms with Crippen LogP contribution in [0, 0.1) is 5.82 Å². The van der Waals surface area contributed by atoms with Crippen molar-refractivity contribution in [2.75, 3.05) is 30.0 Å². The lowest BCUT2D eigenvalue weighted by Crippen LogP contribution is -2.39. The fourth-order valence-corrected chi connectivity index (χ4v) is 3.08. The Bertz CT molecular complexity index is 397. The second-order valence-corrected chi connectivity index (χ2v) is 5.73. The normalized spacial score (nSPS) is 15.8. The van der Waals surface area contributed by atoms with Gasteiger partial charge in [0.25, 0.3) is 0 Å². The standard InChI is InChI=1S/C14H21FN2S/c1-18-8-2-3-13(10-16)17-7-6-11-4-5-12(15)9-14(11)17/h4-5,9,13H,2-3,6-8,10,16H2,1H3. The highest BCUT2D eigenvalue weighted by Gasteiger charge is 2.25. The second kappa shape index (κ2) is 6.43. The molecular formula is C14H21FN2S. The fraction of sp³-hybridized carbons (Fsp3) is 0.571. The maximum Gasteiger partial charge on any atom is 0.125 e. The zero-order valence-electron chi connectivity index (χ0n) is 10.9. The van der Waals surface area contributed by atoms with Crippen LogP contribution in [0.4, 0.5) is 10.1 Å². The maximum absolute atomic E-state index is 13.3. The van der Waals surface area contributed by atoms with Gasteiger partial charge in [-0.3, -0.25) is 0 Å². The zero-order chi connectivity index (χ0) is 13.0. The molecule has 18 heavy (non-hydrogen) atoms. The maximum atomic E-state index is 13.3. The summed E-state index contributed by atoms with van der Waals surface area (Å²) >= 11 is 1.87. The van der Waals surface area contributed by atoms with Gasteiger partial charge in [0.05, 0.1) is 0 Å². The van der Waals surface area contributed by atoms with Crippen molar-refractivity contribution in [1.29, 1.82) is 0 Å². The third-order valence-electron chi connectivity index (χ3n) is 3.58. The molecule has 1 aliphatic rings. The highest BCUT2D eigenvalue weighted by atomic mass is 32.2. The molecule has 2 rings (SSSR count). The summed E-state index contributed by atoms with van der Waals surface area (Å²) in [6.07, 6.45) is 5.39. The number of benzene rings is 1. The Morgan fingerprint density at radius 2 is 2.33 bits per heavy atom. The monoisotopic (exact) mass is 268 g/mol. The molecule has 0 fully saturated rings. The van der Waals surface area contributed by atoms with E-state index in [2.05, 4.69) is 11.2 Å². The van der Waals surface area contributed by atoms with Gasteiger partial charge in [-0.2, -0.15) is 11.8 Å². The lowest BCUT2D eigenvalue weighted by Gasteiger charge is -2.29. The molecule has 1 unspecified atom stereocenters. The molecule has 1 aliphatic heterocycles. The van der Waals surface area contributed by atoms with Gasteiger partial charge in [0, 0.05) is 24.8 Å². The SMILES string of the molecule is CSCCCC(CN)N1CCc2ccc(F)cc21. The van der Waals surface area contributed by atoms with Crippen LogP contribution in [0.5, 0.6) is 0 Å². The molecule has 0 spiro atoms. The van der Waals surface area contributed by atoms with E-state index >= 15 is 0 Å². The fourth-order valence-electron chi connectivity index (χ4n) is 2.62. The summed E-state index contributed by atoms with van der Waals surface area (Å²) in [5.41, 5.74) is 8.19. The van der Waals surface area contributed by atoms with Crippen molar-refractivity contribution in [2.24, 2.45) is 5.73 Å². The minimum Gasteiger partial charge on any atom is -0.367 e. The van der Waals surface area contributed by atoms with Crippen molar-refractivity contribution in [1.82, 2.24) is 0 Å². The Hall–Kier alpha value is -0.740. The predicted octanol–water partition coefficient (Wildman–Crippen LogP) is 2.66. The van der Waals surface area contributed by atoms with Crippen LogP contribution in [0.15, 0.2) is 18.2 Å². The van der Waals surface area contributed by atoms with Gasteiger partial charge in [0.2, 0.25) is 0 Å². The van der Waals surface area contributed by atoms with Gasteiger partial charge in [-0.05, 0) is 49.0 Å². The first-order valence-electron chi connectivity index (χ1n) is 6.50. The second-order valence-electron chi connectivity index (χ2n) is 4.74. The Labute approximate surface area is 113 Å². The number of hydrogen-bond donors (Lipinski definition) is 1. The third kappa shape index (κ3) is 2.98. The van der Waals surface area contributed by atoms with Crippen molar-refractivity contribution in [3.63, 3.8) is 0 Å². The summed E-state index contributed by atoms with van der Waals surface area (Å²) in [6.45, 7) is 1.62. The minimum absolute atomic E-state index is 0.152. The van der Waals surface area contributed by atoms with E-state index in [-0.39, 0.29) is 5.82 Å². The van der Waals surface area contributed by atoms with Crippen molar-refractivity contribution >= 4 is 17.4 Å². The van der Waals surface area contributed by atoms with E-state index in [0.29, 0.717) is 12.6 Å². The highest BCUT2D eigenvalue weighted by molar-refractivity contribution is 7.98. The number of nitrogens with zero attached hydrogens (tertiary/aromatic N) is 1. The summed E-state index contributed by atoms with van der Waals surface area (Å²) in [6, 6.07) is 5.45. The van der Waals surface area contributed by atoms with E-state index < -0.39 is 0 Å². The Morgan fingerprint density at radius 3 is 3.06 bits per heavy atom. The molecular weight excluding hydrogens is 247 g/mol. The number of halogens is 1. The predicted molar refractivity (Wildman–Crippen MR) is 77.9 cm³/mol. The average molecular weight is 268 g/mol. The first-order valence-corrected chi connectivity index (χ1v) is 7.89. The molecule has 0 radical (unpaired) electrons. The molecule has 1 aromatic carbocycles. The molecule has 2 nitrogen and oxygen atoms in total. The number of thioether (sulfide) groups is 1. The van der Waals surface area contributed by atoms with Gasteiger partial charge in [-0.15, -0.1) is 0 Å². The van der Waals surface area contributed by atoms with Gasteiger partial charge < -0.3 is 10.6 Å². The largest absolute Gasteiger partial charge is 0.367 e. The number of rotatable bonds is 6. The number of hydrogen-bond acceptors (Lipinski definition) is 3. The number of fused-ring (bicyclic) bond motifs is 1. The summed E-state index contributed by atoms with van der Waals surface area (Å²) in [5.74, 6) is 1.01.